The van der Waals surface area contributed by atoms with Crippen LogP contribution in [-0.4, -0.2) is 62.7 Å². The fourth-order valence-electron chi connectivity index (χ4n) is 2.62. The average molecular weight is 315 g/mol. The van der Waals surface area contributed by atoms with E-state index in [0.29, 0.717) is 19.6 Å². The third kappa shape index (κ3) is 3.97. The molecule has 8 heteroatoms. The molecule has 0 bridgehead atoms. The Morgan fingerprint density at radius 3 is 2.61 bits per heavy atom. The zero-order valence-electron chi connectivity index (χ0n) is 13.2. The molecule has 8 nitrogen and oxygen atoms in total. The van der Waals surface area contributed by atoms with Gasteiger partial charge in [0, 0.05) is 63.6 Å². The molecule has 1 saturated heterocycles. The van der Waals surface area contributed by atoms with Gasteiger partial charge in [-0.2, -0.15) is 0 Å². The van der Waals surface area contributed by atoms with Crippen molar-refractivity contribution < 1.29 is 4.79 Å². The summed E-state index contributed by atoms with van der Waals surface area (Å²) in [5, 5.41) is 3.03. The van der Waals surface area contributed by atoms with E-state index >= 15 is 0 Å². The number of urea groups is 1. The molecule has 1 fully saturated rings. The number of carbonyl (C=O) groups excluding carboxylic acids is 1. The molecule has 0 radical (unpaired) electrons. The van der Waals surface area contributed by atoms with Gasteiger partial charge in [0.2, 0.25) is 5.95 Å². The van der Waals surface area contributed by atoms with Crippen LogP contribution in [0.5, 0.6) is 0 Å². The van der Waals surface area contributed by atoms with E-state index in [2.05, 4.69) is 25.2 Å². The van der Waals surface area contributed by atoms with E-state index in [-0.39, 0.29) is 12.1 Å². The predicted molar refractivity (Wildman–Crippen MR) is 86.0 cm³/mol. The highest BCUT2D eigenvalue weighted by molar-refractivity contribution is 5.74. The molecule has 2 amide bonds. The van der Waals surface area contributed by atoms with E-state index in [1.54, 1.807) is 31.0 Å². The van der Waals surface area contributed by atoms with Crippen LogP contribution in [0.4, 0.5) is 10.7 Å². The average Bonchev–Trinajstić information content (AvgIpc) is 3.08. The Labute approximate surface area is 135 Å². The number of hydrogen-bond acceptors (Lipinski definition) is 5. The molecule has 1 atom stereocenters. The second kappa shape index (κ2) is 7.08. The number of nitrogens with one attached hydrogen (secondary N) is 1. The maximum atomic E-state index is 12.3. The summed E-state index contributed by atoms with van der Waals surface area (Å²) in [6, 6.07) is 1.83. The SMILES string of the molecule is C[C@@H](Cn1ccnc1)NC(=O)N1CCN(c2ncccn2)CC1. The van der Waals surface area contributed by atoms with Gasteiger partial charge in [0.25, 0.3) is 0 Å². The molecule has 0 aliphatic carbocycles. The van der Waals surface area contributed by atoms with Crippen LogP contribution < -0.4 is 10.2 Å². The second-order valence-corrected chi connectivity index (χ2v) is 5.63. The van der Waals surface area contributed by atoms with Gasteiger partial charge >= 0.3 is 6.03 Å². The van der Waals surface area contributed by atoms with Gasteiger partial charge in [0.05, 0.1) is 6.33 Å². The second-order valence-electron chi connectivity index (χ2n) is 5.63. The molecule has 0 aromatic carbocycles. The number of imidazole rings is 1. The summed E-state index contributed by atoms with van der Waals surface area (Å²) < 4.78 is 1.95. The Bertz CT molecular complexity index is 608. The Balaban J connectivity index is 1.46. The molecule has 2 aromatic heterocycles. The summed E-state index contributed by atoms with van der Waals surface area (Å²) in [5.74, 6) is 0.723. The van der Waals surface area contributed by atoms with Crippen molar-refractivity contribution in [2.45, 2.75) is 19.5 Å². The number of hydrogen-bond donors (Lipinski definition) is 1. The minimum Gasteiger partial charge on any atom is -0.337 e. The maximum absolute atomic E-state index is 12.3. The quantitative estimate of drug-likeness (QED) is 0.893. The van der Waals surface area contributed by atoms with E-state index in [0.717, 1.165) is 19.0 Å². The number of rotatable bonds is 4. The summed E-state index contributed by atoms with van der Waals surface area (Å²) in [6.07, 6.45) is 8.85. The lowest BCUT2D eigenvalue weighted by atomic mass is 10.3. The van der Waals surface area contributed by atoms with E-state index in [4.69, 9.17) is 0 Å². The number of anilines is 1. The minimum absolute atomic E-state index is 0.0220. The molecule has 122 valence electrons. The Hall–Kier alpha value is -2.64. The number of aromatic nitrogens is 4. The Morgan fingerprint density at radius 2 is 1.96 bits per heavy atom. The van der Waals surface area contributed by atoms with Crippen molar-refractivity contribution in [1.29, 1.82) is 0 Å². The van der Waals surface area contributed by atoms with Gasteiger partial charge in [-0.25, -0.2) is 19.7 Å². The van der Waals surface area contributed by atoms with Gasteiger partial charge in [0.15, 0.2) is 0 Å². The highest BCUT2D eigenvalue weighted by atomic mass is 16.2. The van der Waals surface area contributed by atoms with Gasteiger partial charge in [-0.3, -0.25) is 0 Å². The summed E-state index contributed by atoms with van der Waals surface area (Å²) in [7, 11) is 0. The minimum atomic E-state index is -0.0220. The lowest BCUT2D eigenvalue weighted by Crippen LogP contribution is -2.53. The van der Waals surface area contributed by atoms with Crippen LogP contribution in [0.1, 0.15) is 6.92 Å². The van der Waals surface area contributed by atoms with Crippen LogP contribution in [-0.2, 0) is 6.54 Å². The first-order valence-electron chi connectivity index (χ1n) is 7.75. The zero-order chi connectivity index (χ0) is 16.1. The molecule has 3 heterocycles. The molecule has 0 spiro atoms. The van der Waals surface area contributed by atoms with Crippen molar-refractivity contribution in [3.63, 3.8) is 0 Å². The van der Waals surface area contributed by atoms with Gasteiger partial charge in [-0.15, -0.1) is 0 Å². The lowest BCUT2D eigenvalue weighted by Gasteiger charge is -2.35. The standard InChI is InChI=1S/C15H21N7O/c1-13(11-20-6-5-16-12-20)19-15(23)22-9-7-21(8-10-22)14-17-3-2-4-18-14/h2-6,12-13H,7-11H2,1H3,(H,19,23)/t13-/m0/s1. The highest BCUT2D eigenvalue weighted by Crippen LogP contribution is 2.09. The molecule has 1 aliphatic rings. The van der Waals surface area contributed by atoms with Crippen molar-refractivity contribution in [3.05, 3.63) is 37.2 Å². The largest absolute Gasteiger partial charge is 0.337 e. The van der Waals surface area contributed by atoms with Gasteiger partial charge in [-0.1, -0.05) is 0 Å². The van der Waals surface area contributed by atoms with E-state index in [1.807, 2.05) is 22.6 Å². The van der Waals surface area contributed by atoms with Crippen LogP contribution >= 0.6 is 0 Å². The summed E-state index contributed by atoms with van der Waals surface area (Å²) >= 11 is 0. The first kappa shape index (κ1) is 15.3. The molecule has 1 N–H and O–H groups in total. The lowest BCUT2D eigenvalue weighted by molar-refractivity contribution is 0.189. The van der Waals surface area contributed by atoms with Crippen LogP contribution in [0, 0.1) is 0 Å². The summed E-state index contributed by atoms with van der Waals surface area (Å²) in [6.45, 7) is 5.53. The Morgan fingerprint density at radius 1 is 1.22 bits per heavy atom. The molecule has 1 aliphatic heterocycles. The summed E-state index contributed by atoms with van der Waals surface area (Å²) in [4.78, 5) is 28.8. The number of nitrogens with zero attached hydrogens (tertiary/aromatic N) is 6. The molecule has 0 unspecified atom stereocenters. The molecule has 2 aromatic rings. The van der Waals surface area contributed by atoms with Crippen LogP contribution in [0.2, 0.25) is 0 Å². The van der Waals surface area contributed by atoms with Crippen molar-refractivity contribution in [3.8, 4) is 0 Å². The van der Waals surface area contributed by atoms with Gasteiger partial charge in [-0.05, 0) is 13.0 Å². The monoisotopic (exact) mass is 315 g/mol. The molecule has 23 heavy (non-hydrogen) atoms. The number of carbonyl (C=O) groups is 1. The Kier molecular flexibility index (Phi) is 4.70. The first-order chi connectivity index (χ1) is 11.2. The third-order valence-electron chi connectivity index (χ3n) is 3.82. The first-order valence-corrected chi connectivity index (χ1v) is 7.75. The van der Waals surface area contributed by atoms with Crippen molar-refractivity contribution in [2.75, 3.05) is 31.1 Å². The highest BCUT2D eigenvalue weighted by Gasteiger charge is 2.23. The van der Waals surface area contributed by atoms with Gasteiger partial charge in [0.1, 0.15) is 0 Å². The molecular formula is C15H21N7O. The topological polar surface area (TPSA) is 79.2 Å². The number of piperazine rings is 1. The third-order valence-corrected chi connectivity index (χ3v) is 3.82. The predicted octanol–water partition coefficient (Wildman–Crippen LogP) is 0.593. The van der Waals surface area contributed by atoms with Crippen molar-refractivity contribution in [2.24, 2.45) is 0 Å². The maximum Gasteiger partial charge on any atom is 0.317 e. The van der Waals surface area contributed by atoms with Crippen molar-refractivity contribution >= 4 is 12.0 Å². The van der Waals surface area contributed by atoms with E-state index < -0.39 is 0 Å². The molecular weight excluding hydrogens is 294 g/mol. The zero-order valence-corrected chi connectivity index (χ0v) is 13.2. The number of amides is 2. The van der Waals surface area contributed by atoms with Crippen LogP contribution in [0.15, 0.2) is 37.2 Å². The fraction of sp³-hybridized carbons (Fsp3) is 0.467. The molecule has 3 rings (SSSR count). The van der Waals surface area contributed by atoms with Crippen LogP contribution in [0.25, 0.3) is 0 Å². The van der Waals surface area contributed by atoms with Crippen LogP contribution in [0.3, 0.4) is 0 Å². The normalized spacial score (nSPS) is 16.2. The van der Waals surface area contributed by atoms with E-state index in [9.17, 15) is 4.79 Å². The smallest absolute Gasteiger partial charge is 0.317 e. The summed E-state index contributed by atoms with van der Waals surface area (Å²) in [5.41, 5.74) is 0. The van der Waals surface area contributed by atoms with Crippen molar-refractivity contribution in [1.82, 2.24) is 29.7 Å². The van der Waals surface area contributed by atoms with Gasteiger partial charge < -0.3 is 19.7 Å². The molecule has 0 saturated carbocycles. The fourth-order valence-corrected chi connectivity index (χ4v) is 2.62. The van der Waals surface area contributed by atoms with E-state index in [1.165, 1.54) is 0 Å².